The fraction of sp³-hybridized carbons (Fsp3) is 0.440. The summed E-state index contributed by atoms with van der Waals surface area (Å²) in [6.07, 6.45) is 6.46. The van der Waals surface area contributed by atoms with Crippen molar-refractivity contribution in [2.24, 2.45) is 0 Å². The Morgan fingerprint density at radius 1 is 1.00 bits per heavy atom. The van der Waals surface area contributed by atoms with E-state index < -0.39 is 6.04 Å². The Bertz CT molecular complexity index is 817. The zero-order valence-corrected chi connectivity index (χ0v) is 18.4. The maximum Gasteiger partial charge on any atom is 0.243 e. The summed E-state index contributed by atoms with van der Waals surface area (Å²) in [5.41, 5.74) is 1.91. The topological polar surface area (TPSA) is 49.4 Å². The van der Waals surface area contributed by atoms with Crippen molar-refractivity contribution < 1.29 is 9.59 Å². The number of nitrogens with one attached hydrogen (secondary N) is 1. The predicted molar refractivity (Wildman–Crippen MR) is 121 cm³/mol. The molecule has 1 atom stereocenters. The van der Waals surface area contributed by atoms with Gasteiger partial charge in [0, 0.05) is 17.6 Å². The standard InChI is InChI=1S/C25H31ClN2O2/c1-2-23(25(30)27-22-11-7-4-8-12-22)28(18-20-13-15-21(26)16-14-20)24(29)17-19-9-5-3-6-10-19/h3,5-6,9-10,13-16,22-23H,2,4,7-8,11-12,17-18H2,1H3,(H,27,30). The van der Waals surface area contributed by atoms with Crippen LogP contribution in [0.4, 0.5) is 0 Å². The zero-order chi connectivity index (χ0) is 21.3. The second kappa shape index (κ2) is 11.2. The third kappa shape index (κ3) is 6.33. The van der Waals surface area contributed by atoms with Gasteiger partial charge in [-0.2, -0.15) is 0 Å². The molecule has 0 heterocycles. The normalized spacial score (nSPS) is 15.4. The molecule has 0 spiro atoms. The number of halogens is 1. The lowest BCUT2D eigenvalue weighted by Crippen LogP contribution is -2.51. The first-order valence-electron chi connectivity index (χ1n) is 10.9. The number of carbonyl (C=O) groups excluding carboxylic acids is 2. The van der Waals surface area contributed by atoms with E-state index in [2.05, 4.69) is 5.32 Å². The summed E-state index contributed by atoms with van der Waals surface area (Å²) in [6.45, 7) is 2.36. The van der Waals surface area contributed by atoms with E-state index in [1.807, 2.05) is 61.5 Å². The summed E-state index contributed by atoms with van der Waals surface area (Å²) < 4.78 is 0. The van der Waals surface area contributed by atoms with Crippen LogP contribution in [0.15, 0.2) is 54.6 Å². The Morgan fingerprint density at radius 2 is 1.67 bits per heavy atom. The Hall–Kier alpha value is -2.33. The summed E-state index contributed by atoms with van der Waals surface area (Å²) in [5.74, 6) is -0.0819. The molecule has 2 aromatic rings. The molecule has 30 heavy (non-hydrogen) atoms. The van der Waals surface area contributed by atoms with E-state index in [-0.39, 0.29) is 24.3 Å². The first-order chi connectivity index (χ1) is 14.6. The third-order valence-corrected chi connectivity index (χ3v) is 6.05. The molecule has 2 amide bonds. The van der Waals surface area contributed by atoms with Crippen molar-refractivity contribution in [3.05, 3.63) is 70.7 Å². The maximum absolute atomic E-state index is 13.3. The minimum atomic E-state index is -0.487. The highest BCUT2D eigenvalue weighted by atomic mass is 35.5. The van der Waals surface area contributed by atoms with Gasteiger partial charge in [0.15, 0.2) is 0 Å². The molecule has 160 valence electrons. The van der Waals surface area contributed by atoms with Gasteiger partial charge in [0.25, 0.3) is 0 Å². The average molecular weight is 427 g/mol. The van der Waals surface area contributed by atoms with Gasteiger partial charge in [0.05, 0.1) is 6.42 Å². The van der Waals surface area contributed by atoms with Gasteiger partial charge in [-0.3, -0.25) is 9.59 Å². The van der Waals surface area contributed by atoms with Crippen LogP contribution < -0.4 is 5.32 Å². The van der Waals surface area contributed by atoms with Crippen molar-refractivity contribution >= 4 is 23.4 Å². The molecular formula is C25H31ClN2O2. The second-order valence-electron chi connectivity index (χ2n) is 8.08. The molecule has 1 aliphatic rings. The lowest BCUT2D eigenvalue weighted by atomic mass is 9.95. The van der Waals surface area contributed by atoms with Gasteiger partial charge in [-0.25, -0.2) is 0 Å². The highest BCUT2D eigenvalue weighted by Crippen LogP contribution is 2.20. The fourth-order valence-corrected chi connectivity index (χ4v) is 4.25. The summed E-state index contributed by atoms with van der Waals surface area (Å²) >= 11 is 6.02. The van der Waals surface area contributed by atoms with Crippen LogP contribution in [-0.2, 0) is 22.6 Å². The number of nitrogens with zero attached hydrogens (tertiary/aromatic N) is 1. The Kier molecular flexibility index (Phi) is 8.32. The van der Waals surface area contributed by atoms with Crippen LogP contribution >= 0.6 is 11.6 Å². The average Bonchev–Trinajstić information content (AvgIpc) is 2.76. The van der Waals surface area contributed by atoms with Crippen LogP contribution in [0.5, 0.6) is 0 Å². The molecule has 0 aromatic heterocycles. The first-order valence-corrected chi connectivity index (χ1v) is 11.3. The van der Waals surface area contributed by atoms with Crippen LogP contribution in [0, 0.1) is 0 Å². The van der Waals surface area contributed by atoms with E-state index in [0.29, 0.717) is 18.0 Å². The summed E-state index contributed by atoms with van der Waals surface area (Å²) in [6, 6.07) is 16.9. The van der Waals surface area contributed by atoms with Gasteiger partial charge in [-0.05, 0) is 42.5 Å². The second-order valence-corrected chi connectivity index (χ2v) is 8.51. The predicted octanol–water partition coefficient (Wildman–Crippen LogP) is 5.14. The van der Waals surface area contributed by atoms with E-state index in [9.17, 15) is 9.59 Å². The molecule has 0 aliphatic heterocycles. The maximum atomic E-state index is 13.3. The van der Waals surface area contributed by atoms with E-state index in [1.165, 1.54) is 6.42 Å². The fourth-order valence-electron chi connectivity index (χ4n) is 4.12. The van der Waals surface area contributed by atoms with Crippen molar-refractivity contribution in [2.75, 3.05) is 0 Å². The molecule has 2 aromatic carbocycles. The van der Waals surface area contributed by atoms with Crippen LogP contribution in [0.25, 0.3) is 0 Å². The van der Waals surface area contributed by atoms with Crippen molar-refractivity contribution in [1.82, 2.24) is 10.2 Å². The van der Waals surface area contributed by atoms with Crippen molar-refractivity contribution in [1.29, 1.82) is 0 Å². The molecule has 1 fully saturated rings. The van der Waals surface area contributed by atoms with Crippen molar-refractivity contribution in [3.63, 3.8) is 0 Å². The van der Waals surface area contributed by atoms with E-state index in [0.717, 1.165) is 36.8 Å². The number of benzene rings is 2. The molecule has 0 radical (unpaired) electrons. The summed E-state index contributed by atoms with van der Waals surface area (Å²) in [5, 5.41) is 3.87. The molecule has 3 rings (SSSR count). The highest BCUT2D eigenvalue weighted by Gasteiger charge is 2.30. The van der Waals surface area contributed by atoms with Gasteiger partial charge < -0.3 is 10.2 Å². The Labute approximate surface area is 184 Å². The molecule has 5 heteroatoms. The Balaban J connectivity index is 1.78. The molecule has 4 nitrogen and oxygen atoms in total. The van der Waals surface area contributed by atoms with Gasteiger partial charge in [-0.1, -0.05) is 80.3 Å². The summed E-state index contributed by atoms with van der Waals surface area (Å²) in [7, 11) is 0. The third-order valence-electron chi connectivity index (χ3n) is 5.80. The van der Waals surface area contributed by atoms with Gasteiger partial charge in [-0.15, -0.1) is 0 Å². The van der Waals surface area contributed by atoms with Crippen LogP contribution in [0.2, 0.25) is 5.02 Å². The SMILES string of the molecule is CCC(C(=O)NC1CCCCC1)N(Cc1ccc(Cl)cc1)C(=O)Cc1ccccc1. The summed E-state index contributed by atoms with van der Waals surface area (Å²) in [4.78, 5) is 28.2. The largest absolute Gasteiger partial charge is 0.352 e. The molecule has 0 saturated heterocycles. The number of hydrogen-bond acceptors (Lipinski definition) is 2. The van der Waals surface area contributed by atoms with Crippen LogP contribution in [0.3, 0.4) is 0 Å². The van der Waals surface area contributed by atoms with Gasteiger partial charge >= 0.3 is 0 Å². The van der Waals surface area contributed by atoms with Crippen LogP contribution in [-0.4, -0.2) is 28.8 Å². The van der Waals surface area contributed by atoms with E-state index in [4.69, 9.17) is 11.6 Å². The molecule has 1 saturated carbocycles. The van der Waals surface area contributed by atoms with Gasteiger partial charge in [0.2, 0.25) is 11.8 Å². The van der Waals surface area contributed by atoms with Crippen molar-refractivity contribution in [2.45, 2.75) is 70.5 Å². The van der Waals surface area contributed by atoms with Crippen LogP contribution in [0.1, 0.15) is 56.6 Å². The van der Waals surface area contributed by atoms with Gasteiger partial charge in [0.1, 0.15) is 6.04 Å². The smallest absolute Gasteiger partial charge is 0.243 e. The molecule has 1 N–H and O–H groups in total. The number of amides is 2. The number of carbonyl (C=O) groups is 2. The molecule has 0 bridgehead atoms. The lowest BCUT2D eigenvalue weighted by Gasteiger charge is -2.33. The molecular weight excluding hydrogens is 396 g/mol. The highest BCUT2D eigenvalue weighted by molar-refractivity contribution is 6.30. The molecule has 1 aliphatic carbocycles. The minimum absolute atomic E-state index is 0.0400. The lowest BCUT2D eigenvalue weighted by molar-refractivity contribution is -0.141. The minimum Gasteiger partial charge on any atom is -0.352 e. The zero-order valence-electron chi connectivity index (χ0n) is 17.6. The quantitative estimate of drug-likeness (QED) is 0.635. The van der Waals surface area contributed by atoms with Crippen molar-refractivity contribution in [3.8, 4) is 0 Å². The monoisotopic (exact) mass is 426 g/mol. The Morgan fingerprint density at radius 3 is 2.30 bits per heavy atom. The number of rotatable bonds is 8. The van der Waals surface area contributed by atoms with E-state index >= 15 is 0 Å². The first kappa shape index (κ1) is 22.4. The van der Waals surface area contributed by atoms with E-state index in [1.54, 1.807) is 4.90 Å². The number of hydrogen-bond donors (Lipinski definition) is 1. The molecule has 1 unspecified atom stereocenters.